The van der Waals surface area contributed by atoms with Crippen molar-refractivity contribution in [1.82, 2.24) is 0 Å². The predicted molar refractivity (Wildman–Crippen MR) is 54.0 cm³/mol. The van der Waals surface area contributed by atoms with E-state index in [0.29, 0.717) is 6.54 Å². The van der Waals surface area contributed by atoms with Crippen molar-refractivity contribution in [3.8, 4) is 0 Å². The summed E-state index contributed by atoms with van der Waals surface area (Å²) in [6, 6.07) is 2.77. The number of halogens is 3. The molecule has 0 aromatic heterocycles. The molecular weight excluding hydrogens is 252 g/mol. The van der Waals surface area contributed by atoms with E-state index in [0.717, 1.165) is 24.5 Å². The first-order valence-corrected chi connectivity index (χ1v) is 5.24. The molecule has 2 rings (SSSR count). The van der Waals surface area contributed by atoms with E-state index in [1.165, 1.54) is 0 Å². The summed E-state index contributed by atoms with van der Waals surface area (Å²) in [6.07, 6.45) is 1.90. The van der Waals surface area contributed by atoms with Crippen LogP contribution >= 0.6 is 15.9 Å². The van der Waals surface area contributed by atoms with Crippen LogP contribution in [0.25, 0.3) is 0 Å². The average molecular weight is 262 g/mol. The second-order valence-corrected chi connectivity index (χ2v) is 4.50. The number of rotatable bonds is 2. The maximum atomic E-state index is 13.2. The Morgan fingerprint density at radius 2 is 2.00 bits per heavy atom. The van der Waals surface area contributed by atoms with Gasteiger partial charge in [-0.3, -0.25) is 0 Å². The van der Waals surface area contributed by atoms with Gasteiger partial charge < -0.3 is 5.73 Å². The number of hydrogen-bond donors (Lipinski definition) is 1. The van der Waals surface area contributed by atoms with Crippen LogP contribution in [0.5, 0.6) is 0 Å². The number of nitrogens with two attached hydrogens (primary N) is 1. The lowest BCUT2D eigenvalue weighted by Crippen LogP contribution is -2.20. The van der Waals surface area contributed by atoms with E-state index in [1.807, 2.05) is 0 Å². The Morgan fingerprint density at radius 3 is 2.50 bits per heavy atom. The van der Waals surface area contributed by atoms with Crippen LogP contribution < -0.4 is 5.73 Å². The van der Waals surface area contributed by atoms with Crippen LogP contribution in [0.15, 0.2) is 16.6 Å². The van der Waals surface area contributed by atoms with Crippen molar-refractivity contribution < 1.29 is 8.78 Å². The molecule has 0 spiro atoms. The summed E-state index contributed by atoms with van der Waals surface area (Å²) in [7, 11) is 0. The largest absolute Gasteiger partial charge is 0.330 e. The highest BCUT2D eigenvalue weighted by molar-refractivity contribution is 9.10. The highest BCUT2D eigenvalue weighted by atomic mass is 79.9. The third-order valence-electron chi connectivity index (χ3n) is 2.85. The van der Waals surface area contributed by atoms with Gasteiger partial charge in [-0.1, -0.05) is 6.07 Å². The molecule has 0 bridgehead atoms. The zero-order valence-electron chi connectivity index (χ0n) is 7.49. The quantitative estimate of drug-likeness (QED) is 0.815. The van der Waals surface area contributed by atoms with Gasteiger partial charge in [-0.05, 0) is 40.4 Å². The van der Waals surface area contributed by atoms with Gasteiger partial charge in [0.25, 0.3) is 0 Å². The number of hydrogen-bond acceptors (Lipinski definition) is 1. The third-order valence-corrected chi connectivity index (χ3v) is 3.63. The van der Waals surface area contributed by atoms with Crippen LogP contribution in [0.2, 0.25) is 0 Å². The molecule has 76 valence electrons. The molecule has 1 nitrogen and oxygen atoms in total. The van der Waals surface area contributed by atoms with Gasteiger partial charge in [0.2, 0.25) is 0 Å². The SMILES string of the molecule is NCC1(c2ccc(F)c(F)c2Br)CC1. The lowest BCUT2D eigenvalue weighted by atomic mass is 9.96. The molecule has 1 fully saturated rings. The Bertz CT molecular complexity index is 375. The lowest BCUT2D eigenvalue weighted by Gasteiger charge is -2.15. The van der Waals surface area contributed by atoms with E-state index in [4.69, 9.17) is 5.73 Å². The molecule has 0 saturated heterocycles. The first-order valence-electron chi connectivity index (χ1n) is 4.45. The summed E-state index contributed by atoms with van der Waals surface area (Å²) in [5, 5.41) is 0. The second-order valence-electron chi connectivity index (χ2n) is 3.71. The standard InChI is InChI=1S/C10H10BrF2N/c11-8-6(10(5-14)3-4-10)1-2-7(12)9(8)13/h1-2H,3-5,14H2. The number of benzene rings is 1. The van der Waals surface area contributed by atoms with Crippen molar-refractivity contribution >= 4 is 15.9 Å². The zero-order chi connectivity index (χ0) is 10.3. The highest BCUT2D eigenvalue weighted by Gasteiger charge is 2.44. The molecule has 1 aliphatic carbocycles. The molecule has 0 aliphatic heterocycles. The second kappa shape index (κ2) is 3.28. The smallest absolute Gasteiger partial charge is 0.173 e. The van der Waals surface area contributed by atoms with E-state index in [-0.39, 0.29) is 9.89 Å². The Hall–Kier alpha value is -0.480. The predicted octanol–water partition coefficient (Wildman–Crippen LogP) is 2.72. The minimum atomic E-state index is -0.826. The zero-order valence-corrected chi connectivity index (χ0v) is 9.07. The highest BCUT2D eigenvalue weighted by Crippen LogP contribution is 2.50. The van der Waals surface area contributed by atoms with Crippen molar-refractivity contribution in [2.75, 3.05) is 6.54 Å². The van der Waals surface area contributed by atoms with Crippen LogP contribution in [0, 0.1) is 11.6 Å². The third kappa shape index (κ3) is 1.37. The van der Waals surface area contributed by atoms with Crippen LogP contribution in [0.1, 0.15) is 18.4 Å². The Labute approximate surface area is 89.4 Å². The fourth-order valence-electron chi connectivity index (χ4n) is 1.67. The maximum absolute atomic E-state index is 13.2. The minimum Gasteiger partial charge on any atom is -0.330 e. The molecular formula is C10H10BrF2N. The summed E-state index contributed by atoms with van der Waals surface area (Å²) < 4.78 is 26.3. The molecule has 0 radical (unpaired) electrons. The van der Waals surface area contributed by atoms with Crippen molar-refractivity contribution in [2.24, 2.45) is 5.73 Å². The first kappa shape index (κ1) is 10.1. The average Bonchev–Trinajstić information content (AvgIpc) is 2.95. The molecule has 1 aliphatic rings. The molecule has 14 heavy (non-hydrogen) atoms. The summed E-state index contributed by atoms with van der Waals surface area (Å²) in [4.78, 5) is 0. The van der Waals surface area contributed by atoms with E-state index in [9.17, 15) is 8.78 Å². The van der Waals surface area contributed by atoms with Crippen LogP contribution in [0.4, 0.5) is 8.78 Å². The molecule has 4 heteroatoms. The summed E-state index contributed by atoms with van der Waals surface area (Å²) in [5.74, 6) is -1.64. The fraction of sp³-hybridized carbons (Fsp3) is 0.400. The molecule has 0 amide bonds. The van der Waals surface area contributed by atoms with E-state index in [1.54, 1.807) is 6.07 Å². The fourth-order valence-corrected chi connectivity index (χ4v) is 2.41. The Balaban J connectivity index is 2.50. The van der Waals surface area contributed by atoms with Gasteiger partial charge in [0.05, 0.1) is 4.47 Å². The topological polar surface area (TPSA) is 26.0 Å². The normalized spacial score (nSPS) is 18.3. The molecule has 1 aromatic rings. The molecule has 0 atom stereocenters. The summed E-state index contributed by atoms with van der Waals surface area (Å²) in [5.41, 5.74) is 6.29. The lowest BCUT2D eigenvalue weighted by molar-refractivity contribution is 0.499. The van der Waals surface area contributed by atoms with Gasteiger partial charge in [0, 0.05) is 12.0 Å². The van der Waals surface area contributed by atoms with Gasteiger partial charge in [-0.15, -0.1) is 0 Å². The molecule has 2 N–H and O–H groups in total. The van der Waals surface area contributed by atoms with Gasteiger partial charge in [-0.2, -0.15) is 0 Å². The van der Waals surface area contributed by atoms with Crippen molar-refractivity contribution in [3.05, 3.63) is 33.8 Å². The molecule has 0 unspecified atom stereocenters. The molecule has 1 saturated carbocycles. The summed E-state index contributed by atoms with van der Waals surface area (Å²) >= 11 is 3.08. The van der Waals surface area contributed by atoms with Crippen molar-refractivity contribution in [1.29, 1.82) is 0 Å². The van der Waals surface area contributed by atoms with E-state index >= 15 is 0 Å². The van der Waals surface area contributed by atoms with Gasteiger partial charge in [0.1, 0.15) is 0 Å². The van der Waals surface area contributed by atoms with Gasteiger partial charge in [-0.25, -0.2) is 8.78 Å². The van der Waals surface area contributed by atoms with Gasteiger partial charge in [0.15, 0.2) is 11.6 Å². The Morgan fingerprint density at radius 1 is 1.36 bits per heavy atom. The van der Waals surface area contributed by atoms with Gasteiger partial charge >= 0.3 is 0 Å². The molecule has 1 aromatic carbocycles. The first-order chi connectivity index (χ1) is 6.60. The maximum Gasteiger partial charge on any atom is 0.173 e. The van der Waals surface area contributed by atoms with E-state index in [2.05, 4.69) is 15.9 Å². The molecule has 0 heterocycles. The van der Waals surface area contributed by atoms with Crippen LogP contribution in [0.3, 0.4) is 0 Å². The van der Waals surface area contributed by atoms with E-state index < -0.39 is 11.6 Å². The van der Waals surface area contributed by atoms with Crippen molar-refractivity contribution in [2.45, 2.75) is 18.3 Å². The minimum absolute atomic E-state index is 0.118. The van der Waals surface area contributed by atoms with Crippen LogP contribution in [-0.2, 0) is 5.41 Å². The van der Waals surface area contributed by atoms with Crippen molar-refractivity contribution in [3.63, 3.8) is 0 Å². The summed E-state index contributed by atoms with van der Waals surface area (Å²) in [6.45, 7) is 0.483. The Kier molecular flexibility index (Phi) is 2.35. The van der Waals surface area contributed by atoms with Crippen LogP contribution in [-0.4, -0.2) is 6.54 Å². The monoisotopic (exact) mass is 261 g/mol.